The molecule has 0 atom stereocenters. The maximum atomic E-state index is 9.96. The standard InChI is InChI=1S/C31H22O2/c32-29-14-8-7-11-25(29)18-15-23-16-19-27(20-17-23)31-22-28(24-9-3-1-4-10-24)21-30(33-31)26-12-5-2-6-13-26/h1-22H/p+1/b18-15-. The molecule has 5 aromatic rings. The van der Waals surface area contributed by atoms with Crippen LogP contribution >= 0.6 is 0 Å². The highest BCUT2D eigenvalue weighted by Gasteiger charge is 2.20. The minimum atomic E-state index is 0.273. The van der Waals surface area contributed by atoms with Gasteiger partial charge in [-0.2, -0.15) is 0 Å². The van der Waals surface area contributed by atoms with Gasteiger partial charge in [-0.05, 0) is 41.5 Å². The lowest BCUT2D eigenvalue weighted by Crippen LogP contribution is -1.86. The molecule has 0 aliphatic carbocycles. The van der Waals surface area contributed by atoms with Crippen LogP contribution in [0.25, 0.3) is 45.9 Å². The number of phenols is 1. The Morgan fingerprint density at radius 3 is 1.67 bits per heavy atom. The van der Waals surface area contributed by atoms with Crippen LogP contribution in [0.4, 0.5) is 0 Å². The van der Waals surface area contributed by atoms with Gasteiger partial charge < -0.3 is 5.11 Å². The first kappa shape index (κ1) is 20.5. The van der Waals surface area contributed by atoms with E-state index in [1.807, 2.05) is 66.7 Å². The van der Waals surface area contributed by atoms with E-state index >= 15 is 0 Å². The van der Waals surface area contributed by atoms with Crippen molar-refractivity contribution >= 4 is 12.2 Å². The maximum Gasteiger partial charge on any atom is 0.361 e. The van der Waals surface area contributed by atoms with Gasteiger partial charge in [-0.25, -0.2) is 4.42 Å². The number of hydrogen-bond acceptors (Lipinski definition) is 1. The summed E-state index contributed by atoms with van der Waals surface area (Å²) < 4.78 is 6.35. The topological polar surface area (TPSA) is 31.5 Å². The molecule has 0 amide bonds. The van der Waals surface area contributed by atoms with Crippen LogP contribution in [0.15, 0.2) is 126 Å². The van der Waals surface area contributed by atoms with E-state index in [-0.39, 0.29) is 5.75 Å². The summed E-state index contributed by atoms with van der Waals surface area (Å²) in [7, 11) is 0. The second-order valence-electron chi connectivity index (χ2n) is 7.82. The molecule has 33 heavy (non-hydrogen) atoms. The number of rotatable bonds is 5. The molecule has 0 aliphatic rings. The Hall–Kier alpha value is -4.43. The first-order valence-electron chi connectivity index (χ1n) is 10.9. The number of para-hydroxylation sites is 1. The van der Waals surface area contributed by atoms with Crippen LogP contribution in [0, 0.1) is 0 Å². The van der Waals surface area contributed by atoms with Crippen molar-refractivity contribution < 1.29 is 9.52 Å². The van der Waals surface area contributed by atoms with Crippen LogP contribution in [0.1, 0.15) is 11.1 Å². The molecule has 5 rings (SSSR count). The van der Waals surface area contributed by atoms with Crippen molar-refractivity contribution in [2.75, 3.05) is 0 Å². The number of benzene rings is 4. The van der Waals surface area contributed by atoms with Crippen LogP contribution in [-0.2, 0) is 0 Å². The monoisotopic (exact) mass is 427 g/mol. The molecule has 0 unspecified atom stereocenters. The van der Waals surface area contributed by atoms with Crippen LogP contribution < -0.4 is 0 Å². The molecule has 1 N–H and O–H groups in total. The van der Waals surface area contributed by atoms with Gasteiger partial charge in [-0.15, -0.1) is 0 Å². The zero-order chi connectivity index (χ0) is 22.5. The van der Waals surface area contributed by atoms with E-state index in [1.165, 1.54) is 0 Å². The predicted molar refractivity (Wildman–Crippen MR) is 136 cm³/mol. The molecule has 0 saturated carbocycles. The van der Waals surface area contributed by atoms with Crippen LogP contribution in [0.2, 0.25) is 0 Å². The van der Waals surface area contributed by atoms with Crippen molar-refractivity contribution in [3.8, 4) is 39.5 Å². The maximum absolute atomic E-state index is 9.96. The zero-order valence-corrected chi connectivity index (χ0v) is 18.1. The molecule has 158 valence electrons. The van der Waals surface area contributed by atoms with Crippen molar-refractivity contribution in [1.82, 2.24) is 0 Å². The Morgan fingerprint density at radius 2 is 1.03 bits per heavy atom. The molecular weight excluding hydrogens is 404 g/mol. The molecule has 0 fully saturated rings. The van der Waals surface area contributed by atoms with Crippen molar-refractivity contribution in [1.29, 1.82) is 0 Å². The fourth-order valence-corrected chi connectivity index (χ4v) is 3.76. The largest absolute Gasteiger partial charge is 0.507 e. The summed E-state index contributed by atoms with van der Waals surface area (Å²) in [5, 5.41) is 9.96. The van der Waals surface area contributed by atoms with Crippen molar-refractivity contribution in [2.24, 2.45) is 0 Å². The van der Waals surface area contributed by atoms with Crippen LogP contribution in [0.5, 0.6) is 5.75 Å². The third-order valence-electron chi connectivity index (χ3n) is 5.55. The minimum absolute atomic E-state index is 0.273. The van der Waals surface area contributed by atoms with Gasteiger partial charge >= 0.3 is 11.5 Å². The third-order valence-corrected chi connectivity index (χ3v) is 5.55. The van der Waals surface area contributed by atoms with E-state index < -0.39 is 0 Å². The smallest absolute Gasteiger partial charge is 0.361 e. The highest BCUT2D eigenvalue weighted by atomic mass is 16.3. The van der Waals surface area contributed by atoms with Crippen LogP contribution in [0.3, 0.4) is 0 Å². The second-order valence-corrected chi connectivity index (χ2v) is 7.82. The molecule has 0 aliphatic heterocycles. The van der Waals surface area contributed by atoms with Gasteiger partial charge in [0, 0.05) is 11.1 Å². The minimum Gasteiger partial charge on any atom is -0.507 e. The molecular formula is C31H23O2+. The van der Waals surface area contributed by atoms with Gasteiger partial charge in [0.05, 0.1) is 23.3 Å². The average molecular weight is 428 g/mol. The first-order valence-corrected chi connectivity index (χ1v) is 10.9. The predicted octanol–water partition coefficient (Wildman–Crippen LogP) is 8.44. The second kappa shape index (κ2) is 9.37. The van der Waals surface area contributed by atoms with E-state index in [0.29, 0.717) is 0 Å². The molecule has 1 aromatic heterocycles. The van der Waals surface area contributed by atoms with Gasteiger partial charge in [0.25, 0.3) is 0 Å². The number of hydrogen-bond donors (Lipinski definition) is 1. The molecule has 4 aromatic carbocycles. The molecule has 2 heteroatoms. The Kier molecular flexibility index (Phi) is 5.81. The first-order chi connectivity index (χ1) is 16.3. The summed E-state index contributed by atoms with van der Waals surface area (Å²) in [4.78, 5) is 0. The third kappa shape index (κ3) is 4.76. The molecule has 0 bridgehead atoms. The highest BCUT2D eigenvalue weighted by molar-refractivity contribution is 5.76. The average Bonchev–Trinajstić information content (AvgIpc) is 2.89. The molecule has 0 spiro atoms. The SMILES string of the molecule is Oc1ccccc1/C=C\c1ccc(-c2cc(-c3ccccc3)cc(-c3ccccc3)[o+]2)cc1. The zero-order valence-electron chi connectivity index (χ0n) is 18.1. The van der Waals surface area contributed by atoms with E-state index in [4.69, 9.17) is 4.42 Å². The highest BCUT2D eigenvalue weighted by Crippen LogP contribution is 2.33. The van der Waals surface area contributed by atoms with Crippen LogP contribution in [-0.4, -0.2) is 5.11 Å². The van der Waals surface area contributed by atoms with Gasteiger partial charge in [0.2, 0.25) is 0 Å². The summed E-state index contributed by atoms with van der Waals surface area (Å²) in [5.74, 6) is 1.91. The fraction of sp³-hybridized carbons (Fsp3) is 0. The Balaban J connectivity index is 1.51. The van der Waals surface area contributed by atoms with E-state index in [2.05, 4.69) is 60.7 Å². The van der Waals surface area contributed by atoms with Crippen molar-refractivity contribution in [3.05, 3.63) is 132 Å². The lowest BCUT2D eigenvalue weighted by molar-refractivity contribution is 0.474. The van der Waals surface area contributed by atoms with Gasteiger partial charge in [-0.3, -0.25) is 0 Å². The fourth-order valence-electron chi connectivity index (χ4n) is 3.76. The molecule has 0 saturated heterocycles. The Bertz CT molecular complexity index is 1330. The number of aromatic hydroxyl groups is 1. The summed E-state index contributed by atoms with van der Waals surface area (Å²) in [5.41, 5.74) is 6.14. The van der Waals surface area contributed by atoms with Gasteiger partial charge in [-0.1, -0.05) is 91.0 Å². The molecule has 0 radical (unpaired) electrons. The number of phenolic OH excluding ortho intramolecular Hbond substituents is 1. The van der Waals surface area contributed by atoms with Gasteiger partial charge in [0.15, 0.2) is 0 Å². The van der Waals surface area contributed by atoms with Crippen molar-refractivity contribution in [3.63, 3.8) is 0 Å². The lowest BCUT2D eigenvalue weighted by Gasteiger charge is -2.02. The van der Waals surface area contributed by atoms with Gasteiger partial charge in [0.1, 0.15) is 5.75 Å². The normalized spacial score (nSPS) is 11.0. The summed E-state index contributed by atoms with van der Waals surface area (Å²) in [6.45, 7) is 0. The van der Waals surface area contributed by atoms with Crippen molar-refractivity contribution in [2.45, 2.75) is 0 Å². The molecule has 2 nitrogen and oxygen atoms in total. The lowest BCUT2D eigenvalue weighted by atomic mass is 10.0. The van der Waals surface area contributed by atoms with E-state index in [0.717, 1.165) is 44.9 Å². The van der Waals surface area contributed by atoms with E-state index in [9.17, 15) is 5.11 Å². The summed E-state index contributed by atoms with van der Waals surface area (Å²) in [6.07, 6.45) is 3.91. The Morgan fingerprint density at radius 1 is 0.485 bits per heavy atom. The summed E-state index contributed by atoms with van der Waals surface area (Å²) >= 11 is 0. The van der Waals surface area contributed by atoms with E-state index in [1.54, 1.807) is 6.07 Å². The summed E-state index contributed by atoms with van der Waals surface area (Å²) in [6, 6.07) is 40.2. The Labute approximate surface area is 193 Å². The quantitative estimate of drug-likeness (QED) is 0.225. The molecule has 1 heterocycles.